The average molecular weight is 539 g/mol. The lowest BCUT2D eigenvalue weighted by Crippen LogP contribution is -2.57. The first kappa shape index (κ1) is 24.9. The Labute approximate surface area is 207 Å². The molecule has 1 aromatic carbocycles. The molecule has 0 aliphatic carbocycles. The minimum absolute atomic E-state index is 0.126. The number of amides is 2. The Hall–Kier alpha value is -2.17. The van der Waals surface area contributed by atoms with E-state index in [-0.39, 0.29) is 29.9 Å². The van der Waals surface area contributed by atoms with E-state index < -0.39 is 47.5 Å². The van der Waals surface area contributed by atoms with Crippen LogP contribution in [0, 0.1) is 17.8 Å². The smallest absolute Gasteiger partial charge is 0.312 e. The van der Waals surface area contributed by atoms with Gasteiger partial charge in [-0.2, -0.15) is 0 Å². The van der Waals surface area contributed by atoms with Crippen LogP contribution in [-0.4, -0.2) is 76.7 Å². The second-order valence-corrected chi connectivity index (χ2v) is 10.5. The van der Waals surface area contributed by atoms with Crippen molar-refractivity contribution < 1.29 is 33.7 Å². The number of aliphatic hydroxyl groups is 1. The Balaban J connectivity index is 1.75. The van der Waals surface area contributed by atoms with Crippen molar-refractivity contribution in [2.45, 2.75) is 55.8 Å². The lowest BCUT2D eigenvalue weighted by molar-refractivity contribution is -0.155. The van der Waals surface area contributed by atoms with Gasteiger partial charge in [0.05, 0.1) is 44.3 Å². The SMILES string of the molecule is CCOC(=O)[C@H]1[C@H]2C(=O)N([C@@H](CO)C(C)C)C(C(=O)Nc3ccc(OC)cc3)C23CC(Br)[C@@H]1O3. The van der Waals surface area contributed by atoms with Gasteiger partial charge in [-0.3, -0.25) is 14.4 Å². The molecule has 2 N–H and O–H groups in total. The number of anilines is 1. The van der Waals surface area contributed by atoms with E-state index >= 15 is 0 Å². The van der Waals surface area contributed by atoms with Crippen LogP contribution in [0.25, 0.3) is 0 Å². The third kappa shape index (κ3) is 3.79. The van der Waals surface area contributed by atoms with E-state index in [1.165, 1.54) is 4.90 Å². The first-order valence-corrected chi connectivity index (χ1v) is 12.5. The molecule has 4 rings (SSSR count). The fourth-order valence-electron chi connectivity index (χ4n) is 5.74. The summed E-state index contributed by atoms with van der Waals surface area (Å²) >= 11 is 3.61. The molecule has 1 aromatic rings. The predicted octanol–water partition coefficient (Wildman–Crippen LogP) is 1.96. The zero-order valence-corrected chi connectivity index (χ0v) is 21.3. The Morgan fingerprint density at radius 1 is 1.32 bits per heavy atom. The Bertz CT molecular complexity index is 955. The summed E-state index contributed by atoms with van der Waals surface area (Å²) in [5, 5.41) is 13.1. The number of halogens is 1. The van der Waals surface area contributed by atoms with Crippen LogP contribution in [0.15, 0.2) is 24.3 Å². The Kier molecular flexibility index (Phi) is 6.94. The molecule has 3 fully saturated rings. The van der Waals surface area contributed by atoms with Gasteiger partial charge in [0, 0.05) is 10.5 Å². The molecule has 0 saturated carbocycles. The number of nitrogens with zero attached hydrogens (tertiary/aromatic N) is 1. The summed E-state index contributed by atoms with van der Waals surface area (Å²) in [6, 6.07) is 5.24. The number of alkyl halides is 1. The average Bonchev–Trinajstić information content (AvgIpc) is 3.38. The maximum absolute atomic E-state index is 13.9. The maximum Gasteiger partial charge on any atom is 0.312 e. The fraction of sp³-hybridized carbons (Fsp3) is 0.625. The van der Waals surface area contributed by atoms with Crippen molar-refractivity contribution in [2.75, 3.05) is 25.6 Å². The topological polar surface area (TPSA) is 114 Å². The van der Waals surface area contributed by atoms with Gasteiger partial charge in [-0.1, -0.05) is 29.8 Å². The van der Waals surface area contributed by atoms with Crippen LogP contribution in [0.1, 0.15) is 27.2 Å². The fourth-order valence-corrected chi connectivity index (χ4v) is 6.68. The molecule has 3 saturated heterocycles. The predicted molar refractivity (Wildman–Crippen MR) is 127 cm³/mol. The number of likely N-dealkylation sites (tertiary alicyclic amines) is 1. The number of carbonyl (C=O) groups excluding carboxylic acids is 3. The number of fused-ring (bicyclic) bond motifs is 1. The van der Waals surface area contributed by atoms with Gasteiger partial charge in [0.25, 0.3) is 0 Å². The van der Waals surface area contributed by atoms with Crippen LogP contribution in [-0.2, 0) is 23.9 Å². The van der Waals surface area contributed by atoms with Crippen LogP contribution in [0.5, 0.6) is 5.75 Å². The first-order valence-electron chi connectivity index (χ1n) is 11.6. The normalized spacial score (nSPS) is 32.6. The van der Waals surface area contributed by atoms with E-state index in [4.69, 9.17) is 14.2 Å². The molecule has 10 heteroatoms. The number of methoxy groups -OCH3 is 1. The van der Waals surface area contributed by atoms with Crippen LogP contribution >= 0.6 is 15.9 Å². The largest absolute Gasteiger partial charge is 0.497 e. The summed E-state index contributed by atoms with van der Waals surface area (Å²) in [6.45, 7) is 5.34. The van der Waals surface area contributed by atoms with Crippen LogP contribution in [0.4, 0.5) is 5.69 Å². The van der Waals surface area contributed by atoms with Gasteiger partial charge in [-0.25, -0.2) is 0 Å². The standard InChI is InChI=1S/C24H31BrN2O7/c1-5-33-23(31)17-18-22(30)27(16(11-28)12(2)3)20(24(18)10-15(25)19(17)34-24)21(29)26-13-6-8-14(32-4)9-7-13/h6-9,12,15-20,28H,5,10-11H2,1-4H3,(H,26,29)/t15?,16-,17-,18-,19-,20?,24?/m0/s1. The highest BCUT2D eigenvalue weighted by Crippen LogP contribution is 2.60. The van der Waals surface area contributed by atoms with Gasteiger partial charge >= 0.3 is 5.97 Å². The molecule has 0 aromatic heterocycles. The maximum atomic E-state index is 13.9. The van der Waals surface area contributed by atoms with E-state index in [1.54, 1.807) is 38.3 Å². The van der Waals surface area contributed by atoms with E-state index in [0.29, 0.717) is 17.9 Å². The summed E-state index contributed by atoms with van der Waals surface area (Å²) in [4.78, 5) is 41.8. The number of ether oxygens (including phenoxy) is 3. The molecule has 3 heterocycles. The number of carbonyl (C=O) groups is 3. The van der Waals surface area contributed by atoms with Crippen molar-refractivity contribution in [1.29, 1.82) is 0 Å². The third-order valence-corrected chi connectivity index (χ3v) is 8.05. The van der Waals surface area contributed by atoms with E-state index in [1.807, 2.05) is 13.8 Å². The molecular formula is C24H31BrN2O7. The van der Waals surface area contributed by atoms with Crippen molar-refractivity contribution in [1.82, 2.24) is 4.90 Å². The van der Waals surface area contributed by atoms with Crippen LogP contribution in [0.2, 0.25) is 0 Å². The lowest BCUT2D eigenvalue weighted by atomic mass is 9.70. The molecule has 7 atom stereocenters. The number of hydrogen-bond acceptors (Lipinski definition) is 7. The molecule has 9 nitrogen and oxygen atoms in total. The molecular weight excluding hydrogens is 508 g/mol. The van der Waals surface area contributed by atoms with E-state index in [2.05, 4.69) is 21.2 Å². The van der Waals surface area contributed by atoms with Gasteiger partial charge in [0.1, 0.15) is 17.4 Å². The third-order valence-electron chi connectivity index (χ3n) is 7.21. The first-order chi connectivity index (χ1) is 16.2. The number of benzene rings is 1. The lowest BCUT2D eigenvalue weighted by Gasteiger charge is -2.38. The number of hydrogen-bond donors (Lipinski definition) is 2. The molecule has 3 aliphatic rings. The molecule has 34 heavy (non-hydrogen) atoms. The van der Waals surface area contributed by atoms with Gasteiger partial charge < -0.3 is 29.5 Å². The summed E-state index contributed by atoms with van der Waals surface area (Å²) in [5.74, 6) is -2.45. The summed E-state index contributed by atoms with van der Waals surface area (Å²) < 4.78 is 16.9. The van der Waals surface area contributed by atoms with E-state index in [0.717, 1.165) is 0 Å². The highest BCUT2D eigenvalue weighted by molar-refractivity contribution is 9.09. The summed E-state index contributed by atoms with van der Waals surface area (Å²) in [5.41, 5.74) is -0.667. The van der Waals surface area contributed by atoms with Crippen LogP contribution < -0.4 is 10.1 Å². The van der Waals surface area contributed by atoms with Crippen molar-refractivity contribution in [2.24, 2.45) is 17.8 Å². The molecule has 3 aliphatic heterocycles. The zero-order chi connectivity index (χ0) is 24.8. The van der Waals surface area contributed by atoms with Crippen molar-refractivity contribution in [3.8, 4) is 5.75 Å². The molecule has 0 radical (unpaired) electrons. The number of nitrogens with one attached hydrogen (secondary N) is 1. The van der Waals surface area contributed by atoms with Crippen molar-refractivity contribution >= 4 is 39.4 Å². The monoisotopic (exact) mass is 538 g/mol. The molecule has 186 valence electrons. The molecule has 2 bridgehead atoms. The van der Waals surface area contributed by atoms with E-state index in [9.17, 15) is 19.5 Å². The van der Waals surface area contributed by atoms with Gasteiger partial charge in [-0.05, 0) is 43.5 Å². The summed E-state index contributed by atoms with van der Waals surface area (Å²) in [6.07, 6.45) is -0.185. The van der Waals surface area contributed by atoms with Crippen molar-refractivity contribution in [3.05, 3.63) is 24.3 Å². The minimum atomic E-state index is -1.20. The molecule has 2 amide bonds. The zero-order valence-electron chi connectivity index (χ0n) is 19.7. The van der Waals surface area contributed by atoms with Gasteiger partial charge in [-0.15, -0.1) is 0 Å². The van der Waals surface area contributed by atoms with Crippen LogP contribution in [0.3, 0.4) is 0 Å². The van der Waals surface area contributed by atoms with Crippen molar-refractivity contribution in [3.63, 3.8) is 0 Å². The molecule has 1 spiro atoms. The minimum Gasteiger partial charge on any atom is -0.497 e. The highest BCUT2D eigenvalue weighted by atomic mass is 79.9. The second kappa shape index (κ2) is 9.47. The quantitative estimate of drug-likeness (QED) is 0.384. The number of aliphatic hydroxyl groups excluding tert-OH is 1. The molecule has 3 unspecified atom stereocenters. The highest BCUT2D eigenvalue weighted by Gasteiger charge is 2.77. The summed E-state index contributed by atoms with van der Waals surface area (Å²) in [7, 11) is 1.56. The second-order valence-electron chi connectivity index (χ2n) is 9.37. The number of esters is 1. The Morgan fingerprint density at radius 2 is 2.00 bits per heavy atom. The van der Waals surface area contributed by atoms with Gasteiger partial charge in [0.2, 0.25) is 11.8 Å². The number of rotatable bonds is 8. The Morgan fingerprint density at radius 3 is 2.56 bits per heavy atom. The van der Waals surface area contributed by atoms with Gasteiger partial charge in [0.15, 0.2) is 0 Å².